The molecule has 19 heavy (non-hydrogen) atoms. The monoisotopic (exact) mass is 276 g/mol. The molecule has 1 aromatic carbocycles. The third-order valence-electron chi connectivity index (χ3n) is 3.36. The van der Waals surface area contributed by atoms with E-state index in [0.29, 0.717) is 5.25 Å². The average Bonchev–Trinajstić information content (AvgIpc) is 2.70. The maximum Gasteiger partial charge on any atom is 0.161 e. The van der Waals surface area contributed by atoms with Crippen LogP contribution in [0, 0.1) is 26.7 Å². The zero-order valence-electron chi connectivity index (χ0n) is 12.6. The number of aryl methyl sites for hydroxylation is 3. The first-order valence-corrected chi connectivity index (χ1v) is 7.89. The minimum atomic E-state index is 0.647. The van der Waals surface area contributed by atoms with E-state index >= 15 is 0 Å². The van der Waals surface area contributed by atoms with Crippen molar-refractivity contribution in [1.29, 1.82) is 0 Å². The van der Waals surface area contributed by atoms with Crippen LogP contribution in [0.15, 0.2) is 17.1 Å². The van der Waals surface area contributed by atoms with Crippen LogP contribution in [0.5, 0.6) is 0 Å². The molecule has 0 spiro atoms. The lowest BCUT2D eigenvalue weighted by molar-refractivity contribution is 0.575. The number of hydrogen-bond acceptors (Lipinski definition) is 3. The van der Waals surface area contributed by atoms with Crippen molar-refractivity contribution in [1.82, 2.24) is 0 Å². The number of thioether (sulfide) groups is 1. The highest BCUT2D eigenvalue weighted by Gasteiger charge is 2.21. The fraction of sp³-hybridized carbons (Fsp3) is 0.562. The Labute approximate surface area is 121 Å². The van der Waals surface area contributed by atoms with Gasteiger partial charge >= 0.3 is 0 Å². The molecule has 1 aliphatic heterocycles. The lowest BCUT2D eigenvalue weighted by Crippen LogP contribution is -2.11. The minimum absolute atomic E-state index is 0.647. The van der Waals surface area contributed by atoms with E-state index in [1.54, 1.807) is 0 Å². The van der Waals surface area contributed by atoms with Crippen molar-refractivity contribution >= 4 is 22.6 Å². The van der Waals surface area contributed by atoms with Crippen molar-refractivity contribution in [3.8, 4) is 0 Å². The number of nitrogens with one attached hydrogen (secondary N) is 1. The van der Waals surface area contributed by atoms with Gasteiger partial charge in [-0.3, -0.25) is 4.99 Å². The molecule has 104 valence electrons. The van der Waals surface area contributed by atoms with Crippen LogP contribution in [0.4, 0.5) is 5.69 Å². The molecule has 2 rings (SSSR count). The Balaban J connectivity index is 2.04. The number of nitrogens with zero attached hydrogens (tertiary/aromatic N) is 1. The summed E-state index contributed by atoms with van der Waals surface area (Å²) in [7, 11) is 0. The smallest absolute Gasteiger partial charge is 0.161 e. The summed E-state index contributed by atoms with van der Waals surface area (Å²) < 4.78 is 0. The summed E-state index contributed by atoms with van der Waals surface area (Å²) in [5, 5.41) is 5.25. The van der Waals surface area contributed by atoms with Crippen LogP contribution in [0.3, 0.4) is 0 Å². The molecule has 0 aromatic heterocycles. The normalized spacial score (nSPS) is 18.8. The predicted molar refractivity (Wildman–Crippen MR) is 87.4 cm³/mol. The van der Waals surface area contributed by atoms with Crippen LogP contribution in [-0.4, -0.2) is 17.0 Å². The highest BCUT2D eigenvalue weighted by Crippen LogP contribution is 2.29. The zero-order valence-corrected chi connectivity index (χ0v) is 13.4. The minimum Gasteiger partial charge on any atom is -0.335 e. The lowest BCUT2D eigenvalue weighted by atomic mass is 10.1. The van der Waals surface area contributed by atoms with E-state index in [1.807, 2.05) is 11.8 Å². The number of anilines is 1. The molecule has 0 amide bonds. The van der Waals surface area contributed by atoms with Crippen molar-refractivity contribution in [2.45, 2.75) is 46.3 Å². The number of amidine groups is 1. The molecule has 0 bridgehead atoms. The van der Waals surface area contributed by atoms with E-state index in [0.717, 1.165) is 17.6 Å². The Kier molecular flexibility index (Phi) is 4.56. The van der Waals surface area contributed by atoms with E-state index < -0.39 is 0 Å². The standard InChI is InChI=1S/C16H24N2S/c1-10(2)6-14-9-17-16(19-14)18-15-12(4)7-11(3)8-13(15)5/h7-8,10,14H,6,9H2,1-5H3,(H,17,18). The van der Waals surface area contributed by atoms with Crippen LogP contribution >= 0.6 is 11.8 Å². The fourth-order valence-electron chi connectivity index (χ4n) is 2.62. The molecule has 1 unspecified atom stereocenters. The average molecular weight is 276 g/mol. The summed E-state index contributed by atoms with van der Waals surface area (Å²) in [5.74, 6) is 0.745. The second-order valence-electron chi connectivity index (χ2n) is 5.91. The van der Waals surface area contributed by atoms with Gasteiger partial charge in [0.1, 0.15) is 0 Å². The maximum absolute atomic E-state index is 4.64. The third kappa shape index (κ3) is 3.75. The Morgan fingerprint density at radius 2 is 1.89 bits per heavy atom. The Bertz CT molecular complexity index is 469. The van der Waals surface area contributed by atoms with E-state index in [1.165, 1.54) is 28.8 Å². The molecule has 0 saturated carbocycles. The second kappa shape index (κ2) is 6.00. The summed E-state index contributed by atoms with van der Waals surface area (Å²) in [6.45, 7) is 12.0. The third-order valence-corrected chi connectivity index (χ3v) is 4.49. The Morgan fingerprint density at radius 1 is 1.26 bits per heavy atom. The zero-order chi connectivity index (χ0) is 14.0. The number of hydrogen-bond donors (Lipinski definition) is 1. The first-order valence-electron chi connectivity index (χ1n) is 7.01. The van der Waals surface area contributed by atoms with Crippen molar-refractivity contribution in [2.24, 2.45) is 10.9 Å². The van der Waals surface area contributed by atoms with Crippen LogP contribution in [0.1, 0.15) is 37.0 Å². The van der Waals surface area contributed by atoms with Crippen molar-refractivity contribution in [3.05, 3.63) is 28.8 Å². The highest BCUT2D eigenvalue weighted by atomic mass is 32.2. The Hall–Kier alpha value is -0.960. The molecule has 1 aliphatic rings. The van der Waals surface area contributed by atoms with Crippen molar-refractivity contribution in [2.75, 3.05) is 11.9 Å². The molecule has 2 nitrogen and oxygen atoms in total. The number of aliphatic imine (C=N–C) groups is 1. The van der Waals surface area contributed by atoms with E-state index in [2.05, 4.69) is 57.1 Å². The van der Waals surface area contributed by atoms with E-state index in [-0.39, 0.29) is 0 Å². The van der Waals surface area contributed by atoms with Crippen LogP contribution in [0.2, 0.25) is 0 Å². The SMILES string of the molecule is Cc1cc(C)c(NC2=NCC(CC(C)C)S2)c(C)c1. The summed E-state index contributed by atoms with van der Waals surface area (Å²) in [4.78, 5) is 4.64. The van der Waals surface area contributed by atoms with Gasteiger partial charge in [0.2, 0.25) is 0 Å². The molecule has 0 saturated heterocycles. The second-order valence-corrected chi connectivity index (χ2v) is 7.20. The topological polar surface area (TPSA) is 24.4 Å². The quantitative estimate of drug-likeness (QED) is 0.876. The molecule has 0 radical (unpaired) electrons. The van der Waals surface area contributed by atoms with Gasteiger partial charge in [-0.1, -0.05) is 43.3 Å². The summed E-state index contributed by atoms with van der Waals surface area (Å²) >= 11 is 1.89. The van der Waals surface area contributed by atoms with Gasteiger partial charge in [0, 0.05) is 10.9 Å². The van der Waals surface area contributed by atoms with Gasteiger partial charge in [-0.2, -0.15) is 0 Å². The first-order chi connectivity index (χ1) is 8.95. The first kappa shape index (κ1) is 14.4. The van der Waals surface area contributed by atoms with Gasteiger partial charge in [-0.05, 0) is 44.2 Å². The number of benzene rings is 1. The van der Waals surface area contributed by atoms with Gasteiger partial charge in [-0.15, -0.1) is 0 Å². The van der Waals surface area contributed by atoms with E-state index in [9.17, 15) is 0 Å². The lowest BCUT2D eigenvalue weighted by Gasteiger charge is -2.14. The van der Waals surface area contributed by atoms with Gasteiger partial charge in [0.15, 0.2) is 5.17 Å². The Morgan fingerprint density at radius 3 is 2.47 bits per heavy atom. The summed E-state index contributed by atoms with van der Waals surface area (Å²) in [5.41, 5.74) is 5.14. The van der Waals surface area contributed by atoms with Crippen LogP contribution < -0.4 is 5.32 Å². The van der Waals surface area contributed by atoms with Gasteiger partial charge in [-0.25, -0.2) is 0 Å². The molecule has 0 fully saturated rings. The maximum atomic E-state index is 4.64. The highest BCUT2D eigenvalue weighted by molar-refractivity contribution is 8.15. The molecule has 1 atom stereocenters. The molecular weight excluding hydrogens is 252 g/mol. The molecule has 1 aromatic rings. The molecule has 1 heterocycles. The number of rotatable bonds is 3. The van der Waals surface area contributed by atoms with Crippen molar-refractivity contribution in [3.63, 3.8) is 0 Å². The summed E-state index contributed by atoms with van der Waals surface area (Å²) in [6.07, 6.45) is 1.24. The van der Waals surface area contributed by atoms with Gasteiger partial charge in [0.25, 0.3) is 0 Å². The summed E-state index contributed by atoms with van der Waals surface area (Å²) in [6, 6.07) is 4.45. The predicted octanol–water partition coefficient (Wildman–Crippen LogP) is 4.54. The van der Waals surface area contributed by atoms with Crippen LogP contribution in [-0.2, 0) is 0 Å². The molecular formula is C16H24N2S. The van der Waals surface area contributed by atoms with Gasteiger partial charge < -0.3 is 5.32 Å². The van der Waals surface area contributed by atoms with E-state index in [4.69, 9.17) is 0 Å². The van der Waals surface area contributed by atoms with Crippen molar-refractivity contribution < 1.29 is 0 Å². The molecule has 3 heteroatoms. The fourth-order valence-corrected chi connectivity index (χ4v) is 3.87. The largest absolute Gasteiger partial charge is 0.335 e. The molecule has 1 N–H and O–H groups in total. The van der Waals surface area contributed by atoms with Crippen LogP contribution in [0.25, 0.3) is 0 Å². The van der Waals surface area contributed by atoms with Gasteiger partial charge in [0.05, 0.1) is 6.54 Å². The molecule has 0 aliphatic carbocycles.